The minimum Gasteiger partial charge on any atom is -0.478 e. The highest BCUT2D eigenvalue weighted by Gasteiger charge is 2.70. The summed E-state index contributed by atoms with van der Waals surface area (Å²) in [6.45, 7) is 20.7. The molecule has 0 saturated heterocycles. The number of rotatable bonds is 9. The Balaban J connectivity index is 1.30. The topological polar surface area (TPSA) is 57.6 Å². The standard InChI is InChI=1S/C44H63NO3/c1-29(2)33-19-25-44(24-18-32(46)11-10-28-45(8)9)27-26-42(6)35(38(33)44)16-17-37-41(5)22-20-34(30-12-14-31(15-13-30)39(47)48)40(3,4)36(41)21-23-43(37,42)7/h12-15,18,20,24,33,35-38H,1,10-11,16-17,19,21-23,25-28H2,2-9H3,(H,47,48)/b24-18+/t33-,35+,36-,37+,38+,41-,42+,43+,44+/m0/s1. The SMILES string of the molecule is C=C(C)[C@@H]1CC[C@]2(/C=C/C(=O)CCCN(C)C)CC[C@]3(C)[C@H](CC[C@@H]4[C@@]5(C)CC=C(c6ccc(C(=O)O)cc6)C(C)(C)[C@@H]5CC[C@]43C)[C@@H]12. The van der Waals surface area contributed by atoms with Crippen LogP contribution in [0.15, 0.2) is 54.6 Å². The molecule has 0 amide bonds. The molecule has 0 aliphatic heterocycles. The van der Waals surface area contributed by atoms with Gasteiger partial charge in [0.15, 0.2) is 5.78 Å². The fourth-order valence-electron chi connectivity index (χ4n) is 13.3. The average Bonchev–Trinajstić information content (AvgIpc) is 3.40. The third-order valence-corrected chi connectivity index (χ3v) is 15.8. The molecule has 4 nitrogen and oxygen atoms in total. The minimum atomic E-state index is -0.867. The first-order chi connectivity index (χ1) is 22.5. The van der Waals surface area contributed by atoms with E-state index in [-0.39, 0.29) is 27.1 Å². The number of aromatic carboxylic acids is 1. The molecule has 262 valence electrons. The summed E-state index contributed by atoms with van der Waals surface area (Å²) in [7, 11) is 4.16. The Bertz CT molecular complexity index is 1500. The molecule has 1 aromatic rings. The quantitative estimate of drug-likeness (QED) is 0.213. The van der Waals surface area contributed by atoms with Crippen LogP contribution in [-0.2, 0) is 4.79 Å². The zero-order valence-electron chi connectivity index (χ0n) is 31.3. The molecule has 0 bridgehead atoms. The lowest BCUT2D eigenvalue weighted by molar-refractivity contribution is -0.221. The van der Waals surface area contributed by atoms with Crippen LogP contribution in [0.25, 0.3) is 5.57 Å². The molecule has 48 heavy (non-hydrogen) atoms. The highest BCUT2D eigenvalue weighted by atomic mass is 16.4. The molecular weight excluding hydrogens is 590 g/mol. The summed E-state index contributed by atoms with van der Waals surface area (Å²) in [6.07, 6.45) is 19.5. The molecule has 0 heterocycles. The van der Waals surface area contributed by atoms with E-state index in [1.165, 1.54) is 68.1 Å². The number of carboxylic acid groups (broad SMARTS) is 1. The molecule has 1 N–H and O–H groups in total. The number of carbonyl (C=O) groups excluding carboxylic acids is 1. The van der Waals surface area contributed by atoms with E-state index in [4.69, 9.17) is 0 Å². The molecular formula is C44H63NO3. The summed E-state index contributed by atoms with van der Waals surface area (Å²) in [6, 6.07) is 7.59. The molecule has 9 atom stereocenters. The summed E-state index contributed by atoms with van der Waals surface area (Å²) >= 11 is 0. The maximum absolute atomic E-state index is 13.1. The van der Waals surface area contributed by atoms with Gasteiger partial charge in [0, 0.05) is 6.42 Å². The van der Waals surface area contributed by atoms with Crippen molar-refractivity contribution in [3.8, 4) is 0 Å². The predicted octanol–water partition coefficient (Wildman–Crippen LogP) is 10.5. The Kier molecular flexibility index (Phi) is 9.13. The van der Waals surface area contributed by atoms with Crippen molar-refractivity contribution < 1.29 is 14.7 Å². The zero-order valence-corrected chi connectivity index (χ0v) is 31.3. The first-order valence-corrected chi connectivity index (χ1v) is 19.1. The molecule has 0 spiro atoms. The van der Waals surface area contributed by atoms with Crippen LogP contribution < -0.4 is 0 Å². The fourth-order valence-corrected chi connectivity index (χ4v) is 13.3. The van der Waals surface area contributed by atoms with Crippen molar-refractivity contribution in [2.45, 2.75) is 112 Å². The monoisotopic (exact) mass is 653 g/mol. The molecule has 5 aliphatic rings. The van der Waals surface area contributed by atoms with Gasteiger partial charge in [-0.15, -0.1) is 0 Å². The van der Waals surface area contributed by atoms with Crippen LogP contribution >= 0.6 is 0 Å². The average molecular weight is 654 g/mol. The fraction of sp³-hybridized carbons (Fsp3) is 0.682. The summed E-state index contributed by atoms with van der Waals surface area (Å²) in [5.41, 5.74) is 5.17. The highest BCUT2D eigenvalue weighted by Crippen LogP contribution is 2.77. The van der Waals surface area contributed by atoms with Crippen LogP contribution in [0.3, 0.4) is 0 Å². The second kappa shape index (κ2) is 12.4. The molecule has 4 heteroatoms. The van der Waals surface area contributed by atoms with Gasteiger partial charge in [0.25, 0.3) is 0 Å². The number of nitrogens with zero attached hydrogens (tertiary/aromatic N) is 1. The van der Waals surface area contributed by atoms with E-state index in [1.54, 1.807) is 12.1 Å². The van der Waals surface area contributed by atoms with Gasteiger partial charge in [-0.3, -0.25) is 4.79 Å². The maximum atomic E-state index is 13.1. The van der Waals surface area contributed by atoms with Gasteiger partial charge in [0.1, 0.15) is 0 Å². The van der Waals surface area contributed by atoms with Gasteiger partial charge >= 0.3 is 5.97 Å². The van der Waals surface area contributed by atoms with Gasteiger partial charge in [-0.1, -0.05) is 71.1 Å². The molecule has 0 aromatic heterocycles. The number of fused-ring (bicyclic) bond motifs is 7. The van der Waals surface area contributed by atoms with Crippen molar-refractivity contribution in [2.24, 2.45) is 56.7 Å². The van der Waals surface area contributed by atoms with Crippen LogP contribution in [0.5, 0.6) is 0 Å². The number of hydrogen-bond acceptors (Lipinski definition) is 3. The first-order valence-electron chi connectivity index (χ1n) is 19.1. The Morgan fingerprint density at radius 3 is 2.27 bits per heavy atom. The van der Waals surface area contributed by atoms with Crippen molar-refractivity contribution in [3.05, 3.63) is 65.8 Å². The van der Waals surface area contributed by atoms with Gasteiger partial charge in [0.2, 0.25) is 0 Å². The predicted molar refractivity (Wildman–Crippen MR) is 198 cm³/mol. The lowest BCUT2D eigenvalue weighted by Crippen LogP contribution is -2.65. The number of benzene rings is 1. The Morgan fingerprint density at radius 2 is 1.62 bits per heavy atom. The van der Waals surface area contributed by atoms with Gasteiger partial charge in [-0.05, 0) is 178 Å². The molecule has 0 radical (unpaired) electrons. The van der Waals surface area contributed by atoms with Gasteiger partial charge < -0.3 is 10.0 Å². The Labute approximate surface area is 291 Å². The summed E-state index contributed by atoms with van der Waals surface area (Å²) in [5, 5.41) is 9.48. The number of carboxylic acids is 1. The minimum absolute atomic E-state index is 0.0128. The normalized spacial score (nSPS) is 40.0. The van der Waals surface area contributed by atoms with Gasteiger partial charge in [0.05, 0.1) is 5.56 Å². The van der Waals surface area contributed by atoms with Crippen molar-refractivity contribution in [1.82, 2.24) is 4.90 Å². The summed E-state index contributed by atoms with van der Waals surface area (Å²) in [4.78, 5) is 26.8. The lowest BCUT2D eigenvalue weighted by atomic mass is 9.32. The van der Waals surface area contributed by atoms with Crippen LogP contribution in [0, 0.1) is 56.7 Å². The number of carbonyl (C=O) groups is 2. The highest BCUT2D eigenvalue weighted by molar-refractivity contribution is 5.89. The smallest absolute Gasteiger partial charge is 0.335 e. The van der Waals surface area contributed by atoms with Crippen LogP contribution in [0.2, 0.25) is 0 Å². The third-order valence-electron chi connectivity index (χ3n) is 15.8. The molecule has 6 rings (SSSR count). The van der Waals surface area contributed by atoms with Crippen LogP contribution in [-0.4, -0.2) is 42.4 Å². The first kappa shape index (κ1) is 35.4. The maximum Gasteiger partial charge on any atom is 0.335 e. The Hall–Kier alpha value is -2.46. The second-order valence-electron chi connectivity index (χ2n) is 18.6. The van der Waals surface area contributed by atoms with Gasteiger partial charge in [-0.2, -0.15) is 0 Å². The second-order valence-corrected chi connectivity index (χ2v) is 18.6. The van der Waals surface area contributed by atoms with Crippen LogP contribution in [0.4, 0.5) is 0 Å². The van der Waals surface area contributed by atoms with E-state index < -0.39 is 5.97 Å². The Morgan fingerprint density at radius 1 is 0.917 bits per heavy atom. The van der Waals surface area contributed by atoms with E-state index in [0.717, 1.165) is 19.4 Å². The van der Waals surface area contributed by atoms with Crippen molar-refractivity contribution in [2.75, 3.05) is 20.6 Å². The molecule has 4 saturated carbocycles. The van der Waals surface area contributed by atoms with Crippen molar-refractivity contribution >= 4 is 17.3 Å². The van der Waals surface area contributed by atoms with E-state index >= 15 is 0 Å². The zero-order chi connectivity index (χ0) is 34.9. The largest absolute Gasteiger partial charge is 0.478 e. The molecule has 4 fully saturated rings. The molecule has 5 aliphatic carbocycles. The van der Waals surface area contributed by atoms with E-state index in [1.807, 2.05) is 18.2 Å². The summed E-state index contributed by atoms with van der Waals surface area (Å²) < 4.78 is 0. The number of ketones is 1. The number of allylic oxidation sites excluding steroid dienone is 5. The summed E-state index contributed by atoms with van der Waals surface area (Å²) in [5.74, 6) is 2.45. The third kappa shape index (κ3) is 5.42. The van der Waals surface area contributed by atoms with Gasteiger partial charge in [-0.25, -0.2) is 4.79 Å². The lowest BCUT2D eigenvalue weighted by Gasteiger charge is -2.72. The molecule has 0 unspecified atom stereocenters. The van der Waals surface area contributed by atoms with Crippen molar-refractivity contribution in [3.63, 3.8) is 0 Å². The van der Waals surface area contributed by atoms with E-state index in [2.05, 4.69) is 79.3 Å². The number of hydrogen-bond donors (Lipinski definition) is 1. The van der Waals surface area contributed by atoms with Crippen molar-refractivity contribution in [1.29, 1.82) is 0 Å². The van der Waals surface area contributed by atoms with Crippen LogP contribution in [0.1, 0.15) is 128 Å². The molecule has 1 aromatic carbocycles. The van der Waals surface area contributed by atoms with E-state index in [9.17, 15) is 14.7 Å². The van der Waals surface area contributed by atoms with E-state index in [0.29, 0.717) is 47.4 Å².